The molecule has 13 heavy (non-hydrogen) atoms. The zero-order valence-corrected chi connectivity index (χ0v) is 7.41. The minimum Gasteiger partial charge on any atom is -0.435 e. The first kappa shape index (κ1) is 9.34. The largest absolute Gasteiger partial charge is 0.435 e. The van der Waals surface area contributed by atoms with Crippen molar-refractivity contribution >= 4 is 5.97 Å². The normalized spacial score (nSPS) is 16.6. The number of hydrogen-bond donors (Lipinski definition) is 0. The van der Waals surface area contributed by atoms with Gasteiger partial charge in [0.05, 0.1) is 0 Å². The summed E-state index contributed by atoms with van der Waals surface area (Å²) in [4.78, 5) is 11.2. The van der Waals surface area contributed by atoms with Crippen LogP contribution in [0.15, 0.2) is 36.5 Å². The van der Waals surface area contributed by atoms with Crippen LogP contribution in [0.1, 0.15) is 6.92 Å². The van der Waals surface area contributed by atoms with Crippen LogP contribution in [0.5, 0.6) is 0 Å². The molecule has 0 saturated carbocycles. The number of esters is 1. The second-order valence-electron chi connectivity index (χ2n) is 2.83. The minimum absolute atomic E-state index is 0.336. The topological polar surface area (TPSA) is 26.3 Å². The van der Waals surface area contributed by atoms with E-state index in [1.54, 1.807) is 31.2 Å². The van der Waals surface area contributed by atoms with Gasteiger partial charge < -0.3 is 4.74 Å². The van der Waals surface area contributed by atoms with Crippen LogP contribution in [-0.4, -0.2) is 11.6 Å². The van der Waals surface area contributed by atoms with Crippen molar-refractivity contribution in [3.63, 3.8) is 0 Å². The van der Waals surface area contributed by atoms with Gasteiger partial charge in [0.2, 0.25) is 5.60 Å². The third-order valence-electron chi connectivity index (χ3n) is 1.63. The smallest absolute Gasteiger partial charge is 0.335 e. The highest BCUT2D eigenvalue weighted by Crippen LogP contribution is 2.20. The predicted molar refractivity (Wildman–Crippen MR) is 50.8 cm³/mol. The van der Waals surface area contributed by atoms with Gasteiger partial charge in [-0.2, -0.15) is 0 Å². The molecule has 0 unspecified atom stereocenters. The molecule has 1 rings (SSSR count). The summed E-state index contributed by atoms with van der Waals surface area (Å²) in [6.45, 7) is 5.05. The van der Waals surface area contributed by atoms with Crippen LogP contribution in [0.3, 0.4) is 0 Å². The van der Waals surface area contributed by atoms with E-state index in [4.69, 9.17) is 11.2 Å². The Bertz CT molecular complexity index is 328. The van der Waals surface area contributed by atoms with E-state index in [-0.39, 0.29) is 0 Å². The number of rotatable bonds is 2. The lowest BCUT2D eigenvalue weighted by Crippen LogP contribution is -2.27. The number of terminal acetylenes is 1. The number of ether oxygens (including phenoxy) is 1. The van der Waals surface area contributed by atoms with Crippen molar-refractivity contribution in [1.29, 1.82) is 0 Å². The zero-order chi connectivity index (χ0) is 9.90. The lowest BCUT2D eigenvalue weighted by Gasteiger charge is -2.18. The first-order chi connectivity index (χ1) is 6.09. The summed E-state index contributed by atoms with van der Waals surface area (Å²) < 4.78 is 5.06. The van der Waals surface area contributed by atoms with Gasteiger partial charge in [0, 0.05) is 5.57 Å². The maximum Gasteiger partial charge on any atom is 0.335 e. The summed E-state index contributed by atoms with van der Waals surface area (Å²) in [5.74, 6) is 1.93. The van der Waals surface area contributed by atoms with Crippen molar-refractivity contribution in [3.8, 4) is 12.3 Å². The molecule has 1 aliphatic rings. The van der Waals surface area contributed by atoms with Crippen molar-refractivity contribution in [2.75, 3.05) is 0 Å². The van der Waals surface area contributed by atoms with Crippen molar-refractivity contribution in [1.82, 2.24) is 0 Å². The summed E-state index contributed by atoms with van der Waals surface area (Å²) >= 11 is 0. The monoisotopic (exact) mass is 174 g/mol. The molecule has 0 bridgehead atoms. The van der Waals surface area contributed by atoms with Crippen LogP contribution in [0, 0.1) is 12.3 Å². The third kappa shape index (κ3) is 1.88. The Morgan fingerprint density at radius 3 is 2.46 bits per heavy atom. The number of carbonyl (C=O) groups is 1. The van der Waals surface area contributed by atoms with Gasteiger partial charge in [0.1, 0.15) is 0 Å². The van der Waals surface area contributed by atoms with Crippen LogP contribution >= 0.6 is 0 Å². The van der Waals surface area contributed by atoms with Gasteiger partial charge in [0.25, 0.3) is 0 Å². The Balaban J connectivity index is 2.78. The molecule has 0 atom stereocenters. The van der Waals surface area contributed by atoms with Crippen molar-refractivity contribution < 1.29 is 9.53 Å². The first-order valence-electron chi connectivity index (χ1n) is 3.83. The zero-order valence-electron chi connectivity index (χ0n) is 7.41. The van der Waals surface area contributed by atoms with Crippen molar-refractivity contribution in [3.05, 3.63) is 36.5 Å². The summed E-state index contributed by atoms with van der Waals surface area (Å²) in [5.41, 5.74) is -0.668. The molecule has 0 heterocycles. The first-order valence-corrected chi connectivity index (χ1v) is 3.83. The van der Waals surface area contributed by atoms with Crippen LogP contribution in [0.4, 0.5) is 0 Å². The Hall–Kier alpha value is -1.75. The second-order valence-corrected chi connectivity index (χ2v) is 2.83. The molecule has 0 radical (unpaired) electrons. The van der Waals surface area contributed by atoms with E-state index in [0.717, 1.165) is 0 Å². The summed E-state index contributed by atoms with van der Waals surface area (Å²) in [5, 5.41) is 0. The molecular weight excluding hydrogens is 164 g/mol. The van der Waals surface area contributed by atoms with Gasteiger partial charge in [-0.1, -0.05) is 18.7 Å². The fourth-order valence-electron chi connectivity index (χ4n) is 0.887. The van der Waals surface area contributed by atoms with E-state index in [0.29, 0.717) is 5.57 Å². The molecule has 2 nitrogen and oxygen atoms in total. The SMILES string of the molecule is C#CC1(OC(=O)C(=C)C)C=CC=C1. The van der Waals surface area contributed by atoms with Gasteiger partial charge in [-0.25, -0.2) is 4.79 Å². The summed E-state index contributed by atoms with van der Waals surface area (Å²) in [6, 6.07) is 0. The van der Waals surface area contributed by atoms with E-state index in [1.807, 2.05) is 0 Å². The van der Waals surface area contributed by atoms with Crippen molar-refractivity contribution in [2.24, 2.45) is 0 Å². The highest BCUT2D eigenvalue weighted by atomic mass is 16.6. The molecule has 1 aliphatic carbocycles. The van der Waals surface area contributed by atoms with Crippen LogP contribution in [0.2, 0.25) is 0 Å². The van der Waals surface area contributed by atoms with E-state index >= 15 is 0 Å². The molecule has 0 aromatic rings. The molecule has 66 valence electrons. The molecule has 0 aromatic heterocycles. The van der Waals surface area contributed by atoms with E-state index in [2.05, 4.69) is 12.5 Å². The molecule has 2 heteroatoms. The van der Waals surface area contributed by atoms with Crippen LogP contribution < -0.4 is 0 Å². The van der Waals surface area contributed by atoms with Gasteiger partial charge in [-0.05, 0) is 25.0 Å². The number of hydrogen-bond acceptors (Lipinski definition) is 2. The Kier molecular flexibility index (Phi) is 2.39. The maximum absolute atomic E-state index is 11.2. The second kappa shape index (κ2) is 3.32. The van der Waals surface area contributed by atoms with E-state index in [9.17, 15) is 4.79 Å². The van der Waals surface area contributed by atoms with E-state index in [1.165, 1.54) is 0 Å². The Morgan fingerprint density at radius 2 is 2.08 bits per heavy atom. The highest BCUT2D eigenvalue weighted by molar-refractivity contribution is 5.88. The number of carbonyl (C=O) groups excluding carboxylic acids is 1. The molecule has 0 N–H and O–H groups in total. The molecule has 0 aliphatic heterocycles. The van der Waals surface area contributed by atoms with Gasteiger partial charge in [0.15, 0.2) is 0 Å². The molecule has 0 spiro atoms. The summed E-state index contributed by atoms with van der Waals surface area (Å²) in [6.07, 6.45) is 12.0. The fourth-order valence-corrected chi connectivity index (χ4v) is 0.887. The van der Waals surface area contributed by atoms with Crippen LogP contribution in [-0.2, 0) is 9.53 Å². The molecule has 0 amide bonds. The lowest BCUT2D eigenvalue weighted by atomic mass is 10.1. The van der Waals surface area contributed by atoms with Gasteiger partial charge in [-0.15, -0.1) is 6.42 Å². The molecule has 0 saturated heterocycles. The fraction of sp³-hybridized carbons (Fsp3) is 0.182. The standard InChI is InChI=1S/C11H10O2/c1-4-11(7-5-6-8-11)13-10(12)9(2)3/h1,5-8H,2H2,3H3. The average molecular weight is 174 g/mol. The minimum atomic E-state index is -1.00. The van der Waals surface area contributed by atoms with E-state index < -0.39 is 11.6 Å². The van der Waals surface area contributed by atoms with Crippen LogP contribution in [0.25, 0.3) is 0 Å². The molecule has 0 aromatic carbocycles. The predicted octanol–water partition coefficient (Wildman–Crippen LogP) is 1.60. The summed E-state index contributed by atoms with van der Waals surface area (Å²) in [7, 11) is 0. The highest BCUT2D eigenvalue weighted by Gasteiger charge is 2.27. The third-order valence-corrected chi connectivity index (χ3v) is 1.63. The quantitative estimate of drug-likeness (QED) is 0.361. The Morgan fingerprint density at radius 1 is 1.54 bits per heavy atom. The molecular formula is C11H10O2. The lowest BCUT2D eigenvalue weighted by molar-refractivity contribution is -0.143. The van der Waals surface area contributed by atoms with Gasteiger partial charge in [-0.3, -0.25) is 0 Å². The maximum atomic E-state index is 11.2. The average Bonchev–Trinajstić information content (AvgIpc) is 2.54. The van der Waals surface area contributed by atoms with Crippen molar-refractivity contribution in [2.45, 2.75) is 12.5 Å². The van der Waals surface area contributed by atoms with Gasteiger partial charge >= 0.3 is 5.97 Å². The Labute approximate surface area is 77.6 Å². The molecule has 0 fully saturated rings. The number of allylic oxidation sites excluding steroid dienone is 2.